The molecule has 0 aliphatic carbocycles. The SMILES string of the molecule is COC(=O)CCCOc1cc(Cl)ccc1N. The van der Waals surface area contributed by atoms with Crippen LogP contribution in [0.4, 0.5) is 5.69 Å². The summed E-state index contributed by atoms with van der Waals surface area (Å²) in [7, 11) is 1.36. The van der Waals surface area contributed by atoms with Gasteiger partial charge in [0.2, 0.25) is 0 Å². The van der Waals surface area contributed by atoms with Crippen LogP contribution in [0.5, 0.6) is 5.75 Å². The molecule has 1 rings (SSSR count). The van der Waals surface area contributed by atoms with Crippen molar-refractivity contribution >= 4 is 23.3 Å². The average Bonchev–Trinajstić information content (AvgIpc) is 2.28. The molecule has 0 heterocycles. The van der Waals surface area contributed by atoms with Gasteiger partial charge in [-0.25, -0.2) is 0 Å². The van der Waals surface area contributed by atoms with Crippen molar-refractivity contribution in [3.05, 3.63) is 23.2 Å². The summed E-state index contributed by atoms with van der Waals surface area (Å²) in [5.41, 5.74) is 6.21. The van der Waals surface area contributed by atoms with Gasteiger partial charge in [-0.1, -0.05) is 11.6 Å². The summed E-state index contributed by atoms with van der Waals surface area (Å²) < 4.78 is 9.90. The topological polar surface area (TPSA) is 61.5 Å². The Balaban J connectivity index is 2.37. The number of hydrogen-bond donors (Lipinski definition) is 1. The monoisotopic (exact) mass is 243 g/mol. The maximum absolute atomic E-state index is 10.8. The molecular formula is C11H14ClNO3. The van der Waals surface area contributed by atoms with E-state index in [9.17, 15) is 4.79 Å². The number of nitrogens with two attached hydrogens (primary N) is 1. The van der Waals surface area contributed by atoms with Crippen molar-refractivity contribution in [3.8, 4) is 5.75 Å². The third-order valence-corrected chi connectivity index (χ3v) is 2.22. The first-order valence-electron chi connectivity index (χ1n) is 4.88. The lowest BCUT2D eigenvalue weighted by Crippen LogP contribution is -2.05. The highest BCUT2D eigenvalue weighted by Gasteiger charge is 2.03. The predicted octanol–water partition coefficient (Wildman–Crippen LogP) is 2.25. The average molecular weight is 244 g/mol. The van der Waals surface area contributed by atoms with Crippen molar-refractivity contribution in [2.45, 2.75) is 12.8 Å². The number of methoxy groups -OCH3 is 1. The smallest absolute Gasteiger partial charge is 0.305 e. The van der Waals surface area contributed by atoms with Crippen LogP contribution in [0.25, 0.3) is 0 Å². The Morgan fingerprint density at radius 3 is 2.94 bits per heavy atom. The molecule has 0 unspecified atom stereocenters. The van der Waals surface area contributed by atoms with E-state index in [1.165, 1.54) is 7.11 Å². The summed E-state index contributed by atoms with van der Waals surface area (Å²) in [5, 5.41) is 0.567. The van der Waals surface area contributed by atoms with Crippen molar-refractivity contribution in [2.75, 3.05) is 19.5 Å². The van der Waals surface area contributed by atoms with Crippen LogP contribution in [0.3, 0.4) is 0 Å². The van der Waals surface area contributed by atoms with Gasteiger partial charge in [0, 0.05) is 17.5 Å². The zero-order chi connectivity index (χ0) is 12.0. The van der Waals surface area contributed by atoms with E-state index in [1.807, 2.05) is 0 Å². The molecule has 88 valence electrons. The van der Waals surface area contributed by atoms with Crippen LogP contribution in [0, 0.1) is 0 Å². The molecule has 0 aliphatic rings. The molecule has 0 saturated carbocycles. The van der Waals surface area contributed by atoms with Crippen LogP contribution < -0.4 is 10.5 Å². The Bertz CT molecular complexity index is 368. The molecule has 4 nitrogen and oxygen atoms in total. The van der Waals surface area contributed by atoms with E-state index in [-0.39, 0.29) is 5.97 Å². The molecule has 1 aromatic carbocycles. The third-order valence-electron chi connectivity index (χ3n) is 1.99. The van der Waals surface area contributed by atoms with Gasteiger partial charge in [0.1, 0.15) is 5.75 Å². The van der Waals surface area contributed by atoms with Gasteiger partial charge in [0.25, 0.3) is 0 Å². The van der Waals surface area contributed by atoms with Gasteiger partial charge in [-0.05, 0) is 18.6 Å². The number of hydrogen-bond acceptors (Lipinski definition) is 4. The number of ether oxygens (including phenoxy) is 2. The number of carbonyl (C=O) groups excluding carboxylic acids is 1. The predicted molar refractivity (Wildman–Crippen MR) is 62.6 cm³/mol. The number of nitrogen functional groups attached to an aromatic ring is 1. The molecule has 0 saturated heterocycles. The fourth-order valence-corrected chi connectivity index (χ4v) is 1.30. The highest BCUT2D eigenvalue weighted by molar-refractivity contribution is 6.30. The summed E-state index contributed by atoms with van der Waals surface area (Å²) in [6, 6.07) is 5.02. The first kappa shape index (κ1) is 12.6. The van der Waals surface area contributed by atoms with E-state index < -0.39 is 0 Å². The number of halogens is 1. The number of carbonyl (C=O) groups is 1. The number of esters is 1. The fraction of sp³-hybridized carbons (Fsp3) is 0.364. The maximum atomic E-state index is 10.8. The molecule has 16 heavy (non-hydrogen) atoms. The van der Waals surface area contributed by atoms with Gasteiger partial charge in [-0.3, -0.25) is 4.79 Å². The van der Waals surface area contributed by atoms with Crippen LogP contribution >= 0.6 is 11.6 Å². The van der Waals surface area contributed by atoms with Crippen molar-refractivity contribution < 1.29 is 14.3 Å². The van der Waals surface area contributed by atoms with Crippen molar-refractivity contribution in [2.24, 2.45) is 0 Å². The minimum absolute atomic E-state index is 0.248. The Labute approximate surface area is 99.3 Å². The largest absolute Gasteiger partial charge is 0.491 e. The molecule has 1 aromatic rings. The van der Waals surface area contributed by atoms with Crippen LogP contribution in [0.1, 0.15) is 12.8 Å². The molecule has 0 aromatic heterocycles. The second-order valence-corrected chi connectivity index (χ2v) is 3.65. The van der Waals surface area contributed by atoms with Gasteiger partial charge in [-0.15, -0.1) is 0 Å². The number of anilines is 1. The van der Waals surface area contributed by atoms with Crippen LogP contribution in [-0.4, -0.2) is 19.7 Å². The first-order valence-corrected chi connectivity index (χ1v) is 5.26. The van der Waals surface area contributed by atoms with E-state index in [1.54, 1.807) is 18.2 Å². The molecule has 0 atom stereocenters. The standard InChI is InChI=1S/C11H14ClNO3/c1-15-11(14)3-2-6-16-10-7-8(12)4-5-9(10)13/h4-5,7H,2-3,6,13H2,1H3. The molecule has 5 heteroatoms. The molecule has 0 radical (unpaired) electrons. The molecule has 2 N–H and O–H groups in total. The zero-order valence-corrected chi connectivity index (χ0v) is 9.79. The summed E-state index contributed by atoms with van der Waals surface area (Å²) in [5.74, 6) is 0.292. The van der Waals surface area contributed by atoms with Gasteiger partial charge in [0.05, 0.1) is 19.4 Å². The first-order chi connectivity index (χ1) is 7.63. The van der Waals surface area contributed by atoms with E-state index in [0.717, 1.165) is 0 Å². The zero-order valence-electron chi connectivity index (χ0n) is 9.03. The summed E-state index contributed by atoms with van der Waals surface area (Å²) in [6.07, 6.45) is 0.912. The summed E-state index contributed by atoms with van der Waals surface area (Å²) >= 11 is 5.79. The van der Waals surface area contributed by atoms with E-state index in [0.29, 0.717) is 35.9 Å². The second-order valence-electron chi connectivity index (χ2n) is 3.21. The highest BCUT2D eigenvalue weighted by atomic mass is 35.5. The molecule has 0 spiro atoms. The lowest BCUT2D eigenvalue weighted by Gasteiger charge is -2.08. The van der Waals surface area contributed by atoms with E-state index in [2.05, 4.69) is 4.74 Å². The van der Waals surface area contributed by atoms with Crippen molar-refractivity contribution in [1.82, 2.24) is 0 Å². The summed E-state index contributed by atoms with van der Waals surface area (Å²) in [6.45, 7) is 0.402. The van der Waals surface area contributed by atoms with E-state index >= 15 is 0 Å². The Morgan fingerprint density at radius 1 is 1.50 bits per heavy atom. The van der Waals surface area contributed by atoms with E-state index in [4.69, 9.17) is 22.1 Å². The fourth-order valence-electron chi connectivity index (χ4n) is 1.13. The lowest BCUT2D eigenvalue weighted by molar-refractivity contribution is -0.140. The summed E-state index contributed by atoms with van der Waals surface area (Å²) in [4.78, 5) is 10.8. The van der Waals surface area contributed by atoms with Gasteiger partial charge < -0.3 is 15.2 Å². The van der Waals surface area contributed by atoms with Crippen LogP contribution in [-0.2, 0) is 9.53 Å². The van der Waals surface area contributed by atoms with Crippen LogP contribution in [0.2, 0.25) is 5.02 Å². The minimum atomic E-state index is -0.248. The van der Waals surface area contributed by atoms with Gasteiger partial charge in [-0.2, -0.15) is 0 Å². The molecule has 0 aliphatic heterocycles. The van der Waals surface area contributed by atoms with Gasteiger partial charge >= 0.3 is 5.97 Å². The number of benzene rings is 1. The Hall–Kier alpha value is -1.42. The van der Waals surface area contributed by atoms with Gasteiger partial charge in [0.15, 0.2) is 0 Å². The lowest BCUT2D eigenvalue weighted by atomic mass is 10.3. The highest BCUT2D eigenvalue weighted by Crippen LogP contribution is 2.25. The molecule has 0 fully saturated rings. The molecule has 0 amide bonds. The van der Waals surface area contributed by atoms with Crippen LogP contribution in [0.15, 0.2) is 18.2 Å². The maximum Gasteiger partial charge on any atom is 0.305 e. The molecule has 0 bridgehead atoms. The third kappa shape index (κ3) is 3.98. The Morgan fingerprint density at radius 2 is 2.25 bits per heavy atom. The normalized spacial score (nSPS) is 9.88. The molecular weight excluding hydrogens is 230 g/mol. The quantitative estimate of drug-likeness (QED) is 0.490. The minimum Gasteiger partial charge on any atom is -0.491 e. The Kier molecular flexibility index (Phi) is 4.92. The van der Waals surface area contributed by atoms with Crippen molar-refractivity contribution in [3.63, 3.8) is 0 Å². The van der Waals surface area contributed by atoms with Crippen molar-refractivity contribution in [1.29, 1.82) is 0 Å². The number of rotatable bonds is 5. The second kappa shape index (κ2) is 6.23.